The molecule has 2 atom stereocenters. The molecule has 2 unspecified atom stereocenters. The van der Waals surface area contributed by atoms with Gasteiger partial charge in [-0.15, -0.1) is 11.3 Å². The van der Waals surface area contributed by atoms with Crippen LogP contribution in [-0.4, -0.2) is 6.71 Å². The van der Waals surface area contributed by atoms with Crippen LogP contribution in [-0.2, 0) is 27.1 Å². The number of anilines is 5. The van der Waals surface area contributed by atoms with Gasteiger partial charge in [0.25, 0.3) is 6.71 Å². The van der Waals surface area contributed by atoms with Crippen LogP contribution in [0, 0.1) is 16.7 Å². The molecule has 0 spiro atoms. The fourth-order valence-corrected chi connectivity index (χ4v) is 15.4. The number of nitrogens with zero attached hydrogens (tertiary/aromatic N) is 2. The molecule has 0 N–H and O–H groups in total. The quantitative estimate of drug-likeness (QED) is 0.166. The minimum atomic E-state index is -0.0734. The summed E-state index contributed by atoms with van der Waals surface area (Å²) in [6, 6.07) is 28.1. The molecule has 2 nitrogen and oxygen atoms in total. The van der Waals surface area contributed by atoms with Crippen molar-refractivity contribution < 1.29 is 0 Å². The molecule has 3 heterocycles. The van der Waals surface area contributed by atoms with Gasteiger partial charge in [-0.1, -0.05) is 148 Å². The summed E-state index contributed by atoms with van der Waals surface area (Å²) < 4.78 is 2.96. The summed E-state index contributed by atoms with van der Waals surface area (Å²) in [7, 11) is 0. The topological polar surface area (TPSA) is 6.48 Å². The van der Waals surface area contributed by atoms with Gasteiger partial charge in [0.15, 0.2) is 0 Å². The Hall–Kier alpha value is -4.02. The van der Waals surface area contributed by atoms with E-state index in [-0.39, 0.29) is 44.6 Å². The summed E-state index contributed by atoms with van der Waals surface area (Å²) in [6.45, 7) is 42.3. The third-order valence-corrected chi connectivity index (χ3v) is 20.7. The summed E-state index contributed by atoms with van der Waals surface area (Å²) in [5, 5.41) is 1.43. The maximum atomic E-state index is 2.83. The summed E-state index contributed by atoms with van der Waals surface area (Å²) in [4.78, 5) is 5.58. The first kappa shape index (κ1) is 46.4. The molecule has 4 heteroatoms. The zero-order valence-corrected chi connectivity index (χ0v) is 45.9. The van der Waals surface area contributed by atoms with Gasteiger partial charge in [-0.25, -0.2) is 0 Å². The fourth-order valence-electron chi connectivity index (χ4n) is 14.0. The molecule has 1 fully saturated rings. The molecule has 1 saturated carbocycles. The molecular formula is C64H81BN2S. The van der Waals surface area contributed by atoms with Crippen molar-refractivity contribution in [1.82, 2.24) is 0 Å². The number of fused-ring (bicyclic) bond motifs is 8. The van der Waals surface area contributed by atoms with Crippen LogP contribution in [0.2, 0.25) is 0 Å². The van der Waals surface area contributed by atoms with E-state index in [9.17, 15) is 0 Å². The van der Waals surface area contributed by atoms with Crippen molar-refractivity contribution in [3.63, 3.8) is 0 Å². The second-order valence-electron chi connectivity index (χ2n) is 27.8. The van der Waals surface area contributed by atoms with Crippen molar-refractivity contribution in [1.29, 1.82) is 0 Å². The van der Waals surface area contributed by atoms with Crippen LogP contribution in [0.3, 0.4) is 0 Å². The molecule has 1 aromatic heterocycles. The largest absolute Gasteiger partial charge is 0.315 e. The minimum absolute atomic E-state index is 0.0734. The lowest BCUT2D eigenvalue weighted by Crippen LogP contribution is -2.56. The highest BCUT2D eigenvalue weighted by molar-refractivity contribution is 7.33. The van der Waals surface area contributed by atoms with E-state index in [2.05, 4.69) is 212 Å². The Balaban J connectivity index is 1.28. The van der Waals surface area contributed by atoms with Crippen LogP contribution in [0.1, 0.15) is 208 Å². The summed E-state index contributed by atoms with van der Waals surface area (Å²) in [5.41, 5.74) is 22.8. The molecule has 0 bridgehead atoms. The summed E-state index contributed by atoms with van der Waals surface area (Å²) in [6.07, 6.45) is 12.3. The Morgan fingerprint density at radius 1 is 0.632 bits per heavy atom. The van der Waals surface area contributed by atoms with Crippen molar-refractivity contribution in [3.05, 3.63) is 123 Å². The van der Waals surface area contributed by atoms with Crippen LogP contribution < -0.4 is 20.0 Å². The molecule has 4 aliphatic carbocycles. The van der Waals surface area contributed by atoms with Gasteiger partial charge in [-0.05, 0) is 194 Å². The Kier molecular flexibility index (Phi) is 10.1. The number of hydrogen-bond acceptors (Lipinski definition) is 3. The van der Waals surface area contributed by atoms with E-state index in [1.165, 1.54) is 115 Å². The lowest BCUT2D eigenvalue weighted by atomic mass is 9.34. The predicted molar refractivity (Wildman–Crippen MR) is 298 cm³/mol. The first-order valence-electron chi connectivity index (χ1n) is 26.8. The normalized spacial score (nSPS) is 23.8. The highest BCUT2D eigenvalue weighted by Crippen LogP contribution is 2.60. The minimum Gasteiger partial charge on any atom is -0.315 e. The van der Waals surface area contributed by atoms with Crippen molar-refractivity contribution in [2.24, 2.45) is 16.7 Å². The zero-order chi connectivity index (χ0) is 48.6. The fraction of sp³-hybridized carbons (Fsp3) is 0.531. The first-order chi connectivity index (χ1) is 31.6. The Morgan fingerprint density at radius 2 is 1.18 bits per heavy atom. The molecule has 5 aromatic rings. The molecular weight excluding hydrogens is 840 g/mol. The van der Waals surface area contributed by atoms with Gasteiger partial charge in [0.2, 0.25) is 0 Å². The highest BCUT2D eigenvalue weighted by atomic mass is 32.1. The van der Waals surface area contributed by atoms with Gasteiger partial charge >= 0.3 is 0 Å². The van der Waals surface area contributed by atoms with Crippen LogP contribution in [0.15, 0.2) is 89.5 Å². The number of benzene rings is 4. The zero-order valence-electron chi connectivity index (χ0n) is 45.1. The highest BCUT2D eigenvalue weighted by Gasteiger charge is 2.53. The molecule has 356 valence electrons. The average Bonchev–Trinajstić information content (AvgIpc) is 3.65. The van der Waals surface area contributed by atoms with Crippen LogP contribution in [0.25, 0.3) is 10.1 Å². The van der Waals surface area contributed by atoms with E-state index in [4.69, 9.17) is 0 Å². The lowest BCUT2D eigenvalue weighted by molar-refractivity contribution is 0.121. The molecule has 6 aliphatic rings. The van der Waals surface area contributed by atoms with Gasteiger partial charge in [-0.2, -0.15) is 0 Å². The van der Waals surface area contributed by atoms with Crippen molar-refractivity contribution in [2.45, 2.75) is 202 Å². The molecule has 68 heavy (non-hydrogen) atoms. The molecule has 0 saturated heterocycles. The molecule has 0 amide bonds. The number of allylic oxidation sites excluding steroid dienone is 4. The summed E-state index contributed by atoms with van der Waals surface area (Å²) in [5.74, 6) is 0.999. The first-order valence-corrected chi connectivity index (χ1v) is 27.6. The second kappa shape index (κ2) is 14.8. The summed E-state index contributed by atoms with van der Waals surface area (Å²) >= 11 is 2.11. The Morgan fingerprint density at radius 3 is 1.78 bits per heavy atom. The van der Waals surface area contributed by atoms with Gasteiger partial charge in [-0.3, -0.25) is 0 Å². The van der Waals surface area contributed by atoms with Gasteiger partial charge < -0.3 is 9.80 Å². The molecule has 11 rings (SSSR count). The van der Waals surface area contributed by atoms with Crippen molar-refractivity contribution >= 4 is 66.8 Å². The van der Waals surface area contributed by atoms with Gasteiger partial charge in [0, 0.05) is 43.3 Å². The Labute approximate surface area is 416 Å². The smallest absolute Gasteiger partial charge is 0.264 e. The number of rotatable bonds is 4. The molecule has 0 radical (unpaired) electrons. The van der Waals surface area contributed by atoms with E-state index < -0.39 is 0 Å². The van der Waals surface area contributed by atoms with E-state index >= 15 is 0 Å². The third kappa shape index (κ3) is 6.81. The lowest BCUT2D eigenvalue weighted by Gasteiger charge is -2.54. The standard InChI is InChI=1S/C64H81BN2S/c1-18-38(2)39-19-21-41(22-20-39)67-53-32-40(58(3,4)5)31-52-55(53)65(57-56(67)43-34-46-49(37-54(43)68-57)64(16,17)30-27-61(46,10)11)50-35-47-48(63(14,15)29-28-62(47,12)13)36-51(50)66(52)42-23-24-44-45(33-42)60(8,9)26-25-59(44,6)7/h19-24,31-35,37-38,48H,18,25-30,36H2,1-17H3. The number of thiophene rings is 1. The maximum Gasteiger partial charge on any atom is 0.264 e. The van der Waals surface area contributed by atoms with Crippen molar-refractivity contribution in [2.75, 3.05) is 9.80 Å². The molecule has 4 aromatic carbocycles. The van der Waals surface area contributed by atoms with Crippen molar-refractivity contribution in [3.8, 4) is 0 Å². The van der Waals surface area contributed by atoms with Crippen LogP contribution in [0.5, 0.6) is 0 Å². The second-order valence-corrected chi connectivity index (χ2v) is 28.9. The van der Waals surface area contributed by atoms with E-state index in [1.54, 1.807) is 22.2 Å². The van der Waals surface area contributed by atoms with E-state index in [1.807, 2.05) is 0 Å². The van der Waals surface area contributed by atoms with Gasteiger partial charge in [0.1, 0.15) is 0 Å². The maximum absolute atomic E-state index is 2.83. The average molecular weight is 921 g/mol. The van der Waals surface area contributed by atoms with Crippen LogP contribution in [0.4, 0.5) is 28.4 Å². The SMILES string of the molecule is CCC(C)c1ccc(N2c3cc(C(C)(C)C)cc4c3B(C3=C(CC5C(=C3)C(C)(C)CCC5(C)C)N4c3ccc4c(c3)C(C)(C)CCC4(C)C)c3sc4cc5c(cc4c32)C(C)(C)CCC5(C)C)cc1. The van der Waals surface area contributed by atoms with Crippen LogP contribution >= 0.6 is 11.3 Å². The van der Waals surface area contributed by atoms with E-state index in [0.29, 0.717) is 11.8 Å². The van der Waals surface area contributed by atoms with Gasteiger partial charge in [0.05, 0.1) is 5.69 Å². The van der Waals surface area contributed by atoms with E-state index in [0.717, 1.165) is 12.8 Å². The molecule has 2 aliphatic heterocycles. The Bertz CT molecular complexity index is 2990. The third-order valence-electron chi connectivity index (χ3n) is 19.5. The number of hydrogen-bond donors (Lipinski definition) is 0. The monoisotopic (exact) mass is 921 g/mol. The predicted octanol–water partition coefficient (Wildman–Crippen LogP) is 17.5.